The summed E-state index contributed by atoms with van der Waals surface area (Å²) in [7, 11) is 4.09. The number of amides is 1. The van der Waals surface area contributed by atoms with Gasteiger partial charge in [0.2, 0.25) is 5.91 Å². The number of carbonyl (C=O) groups excluding carboxylic acids is 1. The van der Waals surface area contributed by atoms with Crippen molar-refractivity contribution in [2.45, 2.75) is 19.4 Å². The molecule has 0 aromatic heterocycles. The third-order valence-corrected chi connectivity index (χ3v) is 4.03. The van der Waals surface area contributed by atoms with Crippen molar-refractivity contribution < 1.29 is 24.6 Å². The zero-order valence-corrected chi connectivity index (χ0v) is 14.5. The van der Waals surface area contributed by atoms with E-state index in [0.29, 0.717) is 0 Å². The Kier molecular flexibility index (Phi) is 7.87. The van der Waals surface area contributed by atoms with Gasteiger partial charge in [-0.05, 0) is 43.6 Å². The van der Waals surface area contributed by atoms with Crippen LogP contribution in [0.4, 0.5) is 5.69 Å². The van der Waals surface area contributed by atoms with E-state index in [1.165, 1.54) is 11.3 Å². The van der Waals surface area contributed by atoms with E-state index in [4.69, 9.17) is 25.5 Å². The first-order chi connectivity index (χ1) is 11.7. The van der Waals surface area contributed by atoms with Gasteiger partial charge in [0.1, 0.15) is 0 Å². The lowest BCUT2D eigenvalue weighted by Gasteiger charge is -2.30. The van der Waals surface area contributed by atoms with E-state index < -0.39 is 11.9 Å². The molecule has 1 aromatic carbocycles. The first kappa shape index (κ1) is 20.4. The highest BCUT2D eigenvalue weighted by Gasteiger charge is 2.22. The highest BCUT2D eigenvalue weighted by atomic mass is 16.4. The Morgan fingerprint density at radius 1 is 1.08 bits per heavy atom. The van der Waals surface area contributed by atoms with E-state index in [2.05, 4.69) is 34.1 Å². The molecule has 8 nitrogen and oxygen atoms in total. The number of aliphatic carboxylic acids is 2. The van der Waals surface area contributed by atoms with E-state index in [0.717, 1.165) is 32.5 Å². The van der Waals surface area contributed by atoms with E-state index in [-0.39, 0.29) is 11.8 Å². The molecule has 1 aliphatic heterocycles. The second kappa shape index (κ2) is 9.63. The third kappa shape index (κ3) is 7.21. The molecule has 8 heteroatoms. The molecule has 1 fully saturated rings. The lowest BCUT2D eigenvalue weighted by molar-refractivity contribution is -0.159. The summed E-state index contributed by atoms with van der Waals surface area (Å²) in [5.41, 5.74) is 7.89. The zero-order chi connectivity index (χ0) is 19.0. The topological polar surface area (TPSA) is 124 Å². The molecule has 0 unspecified atom stereocenters. The van der Waals surface area contributed by atoms with Gasteiger partial charge in [0, 0.05) is 32.2 Å². The summed E-state index contributed by atoms with van der Waals surface area (Å²) in [4.78, 5) is 33.8. The van der Waals surface area contributed by atoms with Crippen LogP contribution in [0.1, 0.15) is 18.4 Å². The molecular formula is C17H25N3O5. The molecule has 0 saturated carbocycles. The summed E-state index contributed by atoms with van der Waals surface area (Å²) in [5, 5.41) is 14.8. The average molecular weight is 351 g/mol. The summed E-state index contributed by atoms with van der Waals surface area (Å²) in [5.74, 6) is -3.72. The minimum absolute atomic E-state index is 0.0763. The molecule has 1 aliphatic rings. The Bertz CT molecular complexity index is 581. The van der Waals surface area contributed by atoms with Gasteiger partial charge in [-0.25, -0.2) is 9.59 Å². The van der Waals surface area contributed by atoms with Gasteiger partial charge in [-0.3, -0.25) is 9.69 Å². The van der Waals surface area contributed by atoms with Gasteiger partial charge in [0.25, 0.3) is 0 Å². The molecule has 0 radical (unpaired) electrons. The van der Waals surface area contributed by atoms with Crippen LogP contribution in [0.3, 0.4) is 0 Å². The van der Waals surface area contributed by atoms with Gasteiger partial charge < -0.3 is 20.8 Å². The maximum absolute atomic E-state index is 11.1. The van der Waals surface area contributed by atoms with Gasteiger partial charge in [-0.1, -0.05) is 12.1 Å². The second-order valence-corrected chi connectivity index (χ2v) is 6.12. The molecule has 0 bridgehead atoms. The SMILES string of the molecule is CN(C)c1ccc(CN2CCC(C(N)=O)CC2)cc1.O=C(O)C(=O)O. The number of carboxylic acids is 2. The van der Waals surface area contributed by atoms with Crippen LogP contribution in [-0.4, -0.2) is 60.1 Å². The van der Waals surface area contributed by atoms with Crippen molar-refractivity contribution >= 4 is 23.5 Å². The molecule has 138 valence electrons. The predicted octanol–water partition coefficient (Wildman–Crippen LogP) is 0.606. The molecule has 1 amide bonds. The Balaban J connectivity index is 0.000000450. The van der Waals surface area contributed by atoms with Gasteiger partial charge >= 0.3 is 11.9 Å². The van der Waals surface area contributed by atoms with Crippen LogP contribution < -0.4 is 10.6 Å². The Morgan fingerprint density at radius 3 is 1.92 bits per heavy atom. The fourth-order valence-corrected chi connectivity index (χ4v) is 2.53. The monoisotopic (exact) mass is 351 g/mol. The van der Waals surface area contributed by atoms with E-state index in [1.54, 1.807) is 0 Å². The van der Waals surface area contributed by atoms with Crippen molar-refractivity contribution in [1.82, 2.24) is 4.90 Å². The van der Waals surface area contributed by atoms with Crippen LogP contribution in [0.15, 0.2) is 24.3 Å². The molecule has 2 rings (SSSR count). The van der Waals surface area contributed by atoms with Crippen molar-refractivity contribution in [2.75, 3.05) is 32.1 Å². The van der Waals surface area contributed by atoms with Crippen molar-refractivity contribution in [1.29, 1.82) is 0 Å². The Morgan fingerprint density at radius 2 is 1.56 bits per heavy atom. The number of hydrogen-bond donors (Lipinski definition) is 3. The molecule has 0 atom stereocenters. The number of hydrogen-bond acceptors (Lipinski definition) is 5. The van der Waals surface area contributed by atoms with Gasteiger partial charge in [0.05, 0.1) is 0 Å². The minimum Gasteiger partial charge on any atom is -0.473 e. The maximum Gasteiger partial charge on any atom is 0.414 e. The molecule has 25 heavy (non-hydrogen) atoms. The second-order valence-electron chi connectivity index (χ2n) is 6.12. The molecule has 0 spiro atoms. The average Bonchev–Trinajstić information content (AvgIpc) is 2.56. The van der Waals surface area contributed by atoms with Crippen molar-refractivity contribution in [3.8, 4) is 0 Å². The van der Waals surface area contributed by atoms with E-state index in [9.17, 15) is 4.79 Å². The minimum atomic E-state index is -1.82. The van der Waals surface area contributed by atoms with Crippen molar-refractivity contribution in [2.24, 2.45) is 11.7 Å². The number of benzene rings is 1. The molecule has 0 aliphatic carbocycles. The quantitative estimate of drug-likeness (QED) is 0.679. The number of carbonyl (C=O) groups is 3. The fourth-order valence-electron chi connectivity index (χ4n) is 2.53. The number of rotatable bonds is 4. The van der Waals surface area contributed by atoms with Crippen LogP contribution in [0.5, 0.6) is 0 Å². The number of carboxylic acid groups (broad SMARTS) is 2. The number of nitrogens with zero attached hydrogens (tertiary/aromatic N) is 2. The highest BCUT2D eigenvalue weighted by molar-refractivity contribution is 6.27. The third-order valence-electron chi connectivity index (χ3n) is 4.03. The fraction of sp³-hybridized carbons (Fsp3) is 0.471. The number of likely N-dealkylation sites (tertiary alicyclic amines) is 1. The molecule has 1 aromatic rings. The first-order valence-corrected chi connectivity index (χ1v) is 7.95. The van der Waals surface area contributed by atoms with Crippen LogP contribution in [0.25, 0.3) is 0 Å². The summed E-state index contributed by atoms with van der Waals surface area (Å²) < 4.78 is 0. The van der Waals surface area contributed by atoms with Gasteiger partial charge in [-0.15, -0.1) is 0 Å². The van der Waals surface area contributed by atoms with Crippen LogP contribution in [0, 0.1) is 5.92 Å². The normalized spacial score (nSPS) is 15.0. The predicted molar refractivity (Wildman–Crippen MR) is 93.2 cm³/mol. The largest absolute Gasteiger partial charge is 0.473 e. The molecule has 1 saturated heterocycles. The number of primary amides is 1. The number of piperidine rings is 1. The number of nitrogens with two attached hydrogens (primary N) is 1. The van der Waals surface area contributed by atoms with Crippen LogP contribution in [0.2, 0.25) is 0 Å². The maximum atomic E-state index is 11.1. The van der Waals surface area contributed by atoms with Crippen LogP contribution >= 0.6 is 0 Å². The van der Waals surface area contributed by atoms with Crippen LogP contribution in [-0.2, 0) is 20.9 Å². The first-order valence-electron chi connectivity index (χ1n) is 7.95. The summed E-state index contributed by atoms with van der Waals surface area (Å²) in [6.07, 6.45) is 1.79. The standard InChI is InChI=1S/C15H23N3O.C2H2O4/c1-17(2)14-5-3-12(4-6-14)11-18-9-7-13(8-10-18)15(16)19;3-1(4)2(5)6/h3-6,13H,7-11H2,1-2H3,(H2,16,19);(H,3,4)(H,5,6). The Hall–Kier alpha value is -2.61. The molecular weight excluding hydrogens is 326 g/mol. The summed E-state index contributed by atoms with van der Waals surface area (Å²) in [6.45, 7) is 2.88. The lowest BCUT2D eigenvalue weighted by Crippen LogP contribution is -2.38. The summed E-state index contributed by atoms with van der Waals surface area (Å²) in [6, 6.07) is 8.64. The van der Waals surface area contributed by atoms with Gasteiger partial charge in [-0.2, -0.15) is 0 Å². The Labute approximate surface area is 146 Å². The molecule has 1 heterocycles. The van der Waals surface area contributed by atoms with Crippen molar-refractivity contribution in [3.63, 3.8) is 0 Å². The van der Waals surface area contributed by atoms with Crippen molar-refractivity contribution in [3.05, 3.63) is 29.8 Å². The number of anilines is 1. The lowest BCUT2D eigenvalue weighted by atomic mass is 9.96. The summed E-state index contributed by atoms with van der Waals surface area (Å²) >= 11 is 0. The smallest absolute Gasteiger partial charge is 0.414 e. The van der Waals surface area contributed by atoms with E-state index >= 15 is 0 Å². The highest BCUT2D eigenvalue weighted by Crippen LogP contribution is 2.19. The zero-order valence-electron chi connectivity index (χ0n) is 14.5. The molecule has 4 N–H and O–H groups in total. The van der Waals surface area contributed by atoms with Gasteiger partial charge in [0.15, 0.2) is 0 Å². The van der Waals surface area contributed by atoms with E-state index in [1.807, 2.05) is 14.1 Å².